The summed E-state index contributed by atoms with van der Waals surface area (Å²) in [5.74, 6) is 2.41. The molecular weight excluding hydrogens is 308 g/mol. The van der Waals surface area contributed by atoms with Gasteiger partial charge in [-0.3, -0.25) is 0 Å². The lowest BCUT2D eigenvalue weighted by molar-refractivity contribution is -0.122. The number of hydrogen-bond acceptors (Lipinski definition) is 2. The summed E-state index contributed by atoms with van der Waals surface area (Å²) in [6.07, 6.45) is 5.85. The minimum Gasteiger partial charge on any atom is -0.341 e. The zero-order chi connectivity index (χ0) is 16.8. The Morgan fingerprint density at radius 3 is 1.72 bits per heavy atom. The molecule has 5 rings (SSSR count). The quantitative estimate of drug-likeness (QED) is 0.710. The molecule has 0 radical (unpaired) electrons. The van der Waals surface area contributed by atoms with Crippen molar-refractivity contribution in [3.63, 3.8) is 0 Å². The maximum absolute atomic E-state index is 6.57. The van der Waals surface area contributed by atoms with Crippen molar-refractivity contribution in [1.29, 1.82) is 0 Å². The molecular formula is C23H24O2. The third-order valence-electron chi connectivity index (χ3n) is 6.33. The van der Waals surface area contributed by atoms with Crippen LogP contribution in [-0.2, 0) is 9.47 Å². The summed E-state index contributed by atoms with van der Waals surface area (Å²) in [6, 6.07) is 21.0. The standard InChI is InChI=1S/C23H24O2/c1-15-18-12-13-19(14-18)20(15)23-24-21(16-8-4-2-5-9-16)22(25-23)17-10-6-3-7-11-17/h2-13,15,18-23H,14H2,1H3/t15-,18+,19-,20+,21-,22-/m0/s1. The van der Waals surface area contributed by atoms with Gasteiger partial charge in [0.2, 0.25) is 0 Å². The van der Waals surface area contributed by atoms with Gasteiger partial charge in [-0.25, -0.2) is 0 Å². The molecule has 0 spiro atoms. The van der Waals surface area contributed by atoms with Crippen molar-refractivity contribution in [3.05, 3.63) is 83.9 Å². The number of ether oxygens (including phenoxy) is 2. The summed E-state index contributed by atoms with van der Waals surface area (Å²) in [4.78, 5) is 0. The first-order chi connectivity index (χ1) is 12.3. The molecule has 0 N–H and O–H groups in total. The highest BCUT2D eigenvalue weighted by Crippen LogP contribution is 2.54. The molecule has 2 nitrogen and oxygen atoms in total. The van der Waals surface area contributed by atoms with Crippen molar-refractivity contribution in [2.45, 2.75) is 31.8 Å². The Hall–Kier alpha value is -1.90. The number of rotatable bonds is 3. The molecule has 2 aromatic carbocycles. The van der Waals surface area contributed by atoms with E-state index in [1.165, 1.54) is 17.5 Å². The van der Waals surface area contributed by atoms with Gasteiger partial charge in [0.15, 0.2) is 6.29 Å². The Labute approximate surface area is 149 Å². The summed E-state index contributed by atoms with van der Waals surface area (Å²) in [5, 5.41) is 0. The van der Waals surface area contributed by atoms with E-state index in [9.17, 15) is 0 Å². The highest BCUT2D eigenvalue weighted by Gasteiger charge is 2.51. The first kappa shape index (κ1) is 15.4. The van der Waals surface area contributed by atoms with Gasteiger partial charge in [-0.1, -0.05) is 79.7 Å². The van der Waals surface area contributed by atoms with E-state index in [1.54, 1.807) is 0 Å². The molecule has 2 aromatic rings. The van der Waals surface area contributed by atoms with Crippen LogP contribution in [0.15, 0.2) is 72.8 Å². The van der Waals surface area contributed by atoms with E-state index in [1.807, 2.05) is 0 Å². The number of allylic oxidation sites excluding steroid dienone is 2. The van der Waals surface area contributed by atoms with E-state index in [4.69, 9.17) is 9.47 Å². The van der Waals surface area contributed by atoms with Crippen LogP contribution in [-0.4, -0.2) is 6.29 Å². The molecule has 0 amide bonds. The van der Waals surface area contributed by atoms with Crippen molar-refractivity contribution in [1.82, 2.24) is 0 Å². The van der Waals surface area contributed by atoms with E-state index in [2.05, 4.69) is 79.7 Å². The molecule has 6 atom stereocenters. The molecule has 1 saturated carbocycles. The van der Waals surface area contributed by atoms with Crippen LogP contribution in [0.1, 0.15) is 36.7 Å². The third-order valence-corrected chi connectivity index (χ3v) is 6.33. The molecule has 1 saturated heterocycles. The fraction of sp³-hybridized carbons (Fsp3) is 0.391. The summed E-state index contributed by atoms with van der Waals surface area (Å²) >= 11 is 0. The maximum Gasteiger partial charge on any atom is 0.163 e. The molecule has 3 aliphatic rings. The zero-order valence-electron chi connectivity index (χ0n) is 14.5. The molecule has 2 bridgehead atoms. The Morgan fingerprint density at radius 2 is 1.24 bits per heavy atom. The summed E-state index contributed by atoms with van der Waals surface area (Å²) in [6.45, 7) is 2.36. The van der Waals surface area contributed by atoms with Gasteiger partial charge in [0.05, 0.1) is 0 Å². The molecule has 0 unspecified atom stereocenters. The highest BCUT2D eigenvalue weighted by molar-refractivity contribution is 5.26. The fourth-order valence-electron chi connectivity index (χ4n) is 4.99. The summed E-state index contributed by atoms with van der Waals surface area (Å²) in [7, 11) is 0. The second kappa shape index (κ2) is 6.12. The fourth-order valence-corrected chi connectivity index (χ4v) is 4.99. The monoisotopic (exact) mass is 332 g/mol. The lowest BCUT2D eigenvalue weighted by Crippen LogP contribution is -2.30. The molecule has 25 heavy (non-hydrogen) atoms. The van der Waals surface area contributed by atoms with Gasteiger partial charge in [-0.05, 0) is 35.3 Å². The van der Waals surface area contributed by atoms with Gasteiger partial charge in [0.25, 0.3) is 0 Å². The number of fused-ring (bicyclic) bond motifs is 2. The topological polar surface area (TPSA) is 18.5 Å². The van der Waals surface area contributed by atoms with Crippen LogP contribution in [0.2, 0.25) is 0 Å². The molecule has 2 aliphatic carbocycles. The third kappa shape index (κ3) is 2.56. The average molecular weight is 332 g/mol. The van der Waals surface area contributed by atoms with Crippen LogP contribution >= 0.6 is 0 Å². The van der Waals surface area contributed by atoms with Gasteiger partial charge in [0.1, 0.15) is 12.2 Å². The van der Waals surface area contributed by atoms with Gasteiger partial charge < -0.3 is 9.47 Å². The second-order valence-electron chi connectivity index (χ2n) is 7.69. The Morgan fingerprint density at radius 1 is 0.720 bits per heavy atom. The van der Waals surface area contributed by atoms with Crippen LogP contribution in [0.25, 0.3) is 0 Å². The predicted octanol–water partition coefficient (Wildman–Crippen LogP) is 5.30. The minimum atomic E-state index is -0.120. The molecule has 2 heteroatoms. The highest BCUT2D eigenvalue weighted by atomic mass is 16.7. The SMILES string of the molecule is C[C@@H]1[C@@H](C2O[C@@H](c3ccccc3)[C@H](c3ccccc3)O2)[C@H]2C=C[C@@H]1C2. The number of benzene rings is 2. The van der Waals surface area contributed by atoms with Gasteiger partial charge in [0, 0.05) is 5.92 Å². The van der Waals surface area contributed by atoms with Crippen LogP contribution in [0, 0.1) is 23.7 Å². The zero-order valence-corrected chi connectivity index (χ0v) is 14.5. The van der Waals surface area contributed by atoms with E-state index in [0.717, 1.165) is 0 Å². The van der Waals surface area contributed by atoms with Crippen molar-refractivity contribution < 1.29 is 9.47 Å². The molecule has 2 fully saturated rings. The van der Waals surface area contributed by atoms with E-state index in [0.29, 0.717) is 23.7 Å². The van der Waals surface area contributed by atoms with Crippen LogP contribution in [0.3, 0.4) is 0 Å². The van der Waals surface area contributed by atoms with E-state index >= 15 is 0 Å². The van der Waals surface area contributed by atoms with Crippen molar-refractivity contribution in [3.8, 4) is 0 Å². The van der Waals surface area contributed by atoms with E-state index < -0.39 is 0 Å². The van der Waals surface area contributed by atoms with Crippen LogP contribution in [0.5, 0.6) is 0 Å². The maximum atomic E-state index is 6.57. The molecule has 128 valence electrons. The smallest absolute Gasteiger partial charge is 0.163 e. The molecule has 0 aromatic heterocycles. The summed E-state index contributed by atoms with van der Waals surface area (Å²) < 4.78 is 13.1. The predicted molar refractivity (Wildman–Crippen MR) is 97.7 cm³/mol. The van der Waals surface area contributed by atoms with Crippen LogP contribution in [0.4, 0.5) is 0 Å². The molecule has 1 aliphatic heterocycles. The van der Waals surface area contributed by atoms with Crippen LogP contribution < -0.4 is 0 Å². The lowest BCUT2D eigenvalue weighted by atomic mass is 9.84. The molecule has 1 heterocycles. The second-order valence-corrected chi connectivity index (χ2v) is 7.69. The minimum absolute atomic E-state index is 0.0380. The Kier molecular flexibility index (Phi) is 3.76. The van der Waals surface area contributed by atoms with Crippen molar-refractivity contribution in [2.24, 2.45) is 23.7 Å². The first-order valence-corrected chi connectivity index (χ1v) is 9.40. The van der Waals surface area contributed by atoms with Crippen molar-refractivity contribution >= 4 is 0 Å². The average Bonchev–Trinajstić information content (AvgIpc) is 3.37. The Bertz CT molecular complexity index is 707. The first-order valence-electron chi connectivity index (χ1n) is 9.40. The number of hydrogen-bond donors (Lipinski definition) is 0. The van der Waals surface area contributed by atoms with Gasteiger partial charge in [-0.15, -0.1) is 0 Å². The largest absolute Gasteiger partial charge is 0.341 e. The van der Waals surface area contributed by atoms with Gasteiger partial charge in [-0.2, -0.15) is 0 Å². The van der Waals surface area contributed by atoms with Gasteiger partial charge >= 0.3 is 0 Å². The van der Waals surface area contributed by atoms with E-state index in [-0.39, 0.29) is 18.5 Å². The Balaban J connectivity index is 1.48. The lowest BCUT2D eigenvalue weighted by Gasteiger charge is -2.29. The van der Waals surface area contributed by atoms with Crippen molar-refractivity contribution in [2.75, 3.05) is 0 Å². The summed E-state index contributed by atoms with van der Waals surface area (Å²) in [5.41, 5.74) is 2.40. The normalized spacial score (nSPS) is 37.0.